The van der Waals surface area contributed by atoms with Crippen LogP contribution in [-0.4, -0.2) is 45.7 Å². The zero-order valence-electron chi connectivity index (χ0n) is 23.2. The van der Waals surface area contributed by atoms with Gasteiger partial charge < -0.3 is 10.2 Å². The number of anilines is 1. The predicted molar refractivity (Wildman–Crippen MR) is 147 cm³/mol. The molecule has 37 heavy (non-hydrogen) atoms. The fourth-order valence-electron chi connectivity index (χ4n) is 4.59. The molecule has 1 saturated heterocycles. The SMILES string of the molecule is C=C(C)C(=O)N1CCC[C@H]1C(=O)N(c1ccc(C(C)(C)C)cc1)C(C(=O)NC(C)(C)C)c1cccnc1. The lowest BCUT2D eigenvalue weighted by Crippen LogP contribution is -2.54. The average Bonchev–Trinajstić information content (AvgIpc) is 3.30. The molecule has 2 aromatic rings. The summed E-state index contributed by atoms with van der Waals surface area (Å²) in [6.45, 7) is 18.0. The Bertz CT molecular complexity index is 1140. The van der Waals surface area contributed by atoms with Crippen LogP contribution in [0, 0.1) is 0 Å². The van der Waals surface area contributed by atoms with Crippen LogP contribution in [0.2, 0.25) is 0 Å². The number of pyridine rings is 1. The van der Waals surface area contributed by atoms with Gasteiger partial charge in [-0.3, -0.25) is 24.3 Å². The van der Waals surface area contributed by atoms with Crippen molar-refractivity contribution in [1.82, 2.24) is 15.2 Å². The third-order valence-electron chi connectivity index (χ3n) is 6.42. The molecule has 2 heterocycles. The number of carbonyl (C=O) groups excluding carboxylic acids is 3. The maximum atomic E-state index is 14.4. The summed E-state index contributed by atoms with van der Waals surface area (Å²) >= 11 is 0. The zero-order chi connectivity index (χ0) is 27.5. The predicted octanol–water partition coefficient (Wildman–Crippen LogP) is 4.94. The lowest BCUT2D eigenvalue weighted by Gasteiger charge is -2.37. The Morgan fingerprint density at radius 1 is 1.08 bits per heavy atom. The van der Waals surface area contributed by atoms with Gasteiger partial charge in [-0.1, -0.05) is 45.5 Å². The molecular formula is C30H40N4O3. The van der Waals surface area contributed by atoms with Gasteiger partial charge in [-0.25, -0.2) is 0 Å². The van der Waals surface area contributed by atoms with Crippen molar-refractivity contribution in [3.8, 4) is 0 Å². The van der Waals surface area contributed by atoms with Gasteiger partial charge in [0.25, 0.3) is 5.91 Å². The third-order valence-corrected chi connectivity index (χ3v) is 6.42. The summed E-state index contributed by atoms with van der Waals surface area (Å²) in [5.41, 5.74) is 2.09. The molecule has 0 aliphatic carbocycles. The zero-order valence-corrected chi connectivity index (χ0v) is 23.2. The topological polar surface area (TPSA) is 82.6 Å². The molecule has 7 nitrogen and oxygen atoms in total. The minimum atomic E-state index is -0.969. The molecule has 3 amide bonds. The number of nitrogens with one attached hydrogen (secondary N) is 1. The van der Waals surface area contributed by atoms with Gasteiger partial charge in [-0.05, 0) is 69.7 Å². The number of benzene rings is 1. The second-order valence-corrected chi connectivity index (χ2v) is 11.9. The van der Waals surface area contributed by atoms with E-state index in [0.29, 0.717) is 36.2 Å². The van der Waals surface area contributed by atoms with Gasteiger partial charge in [0.1, 0.15) is 12.1 Å². The Labute approximate surface area is 221 Å². The van der Waals surface area contributed by atoms with E-state index in [9.17, 15) is 14.4 Å². The molecule has 1 N–H and O–H groups in total. The molecule has 1 unspecified atom stereocenters. The molecule has 0 bridgehead atoms. The van der Waals surface area contributed by atoms with E-state index in [1.54, 1.807) is 41.2 Å². The van der Waals surface area contributed by atoms with Crippen LogP contribution in [0.25, 0.3) is 0 Å². The monoisotopic (exact) mass is 504 g/mol. The molecule has 1 aliphatic rings. The molecule has 3 rings (SSSR count). The summed E-state index contributed by atoms with van der Waals surface area (Å²) in [7, 11) is 0. The van der Waals surface area contributed by atoms with E-state index in [0.717, 1.165) is 5.56 Å². The van der Waals surface area contributed by atoms with Crippen LogP contribution >= 0.6 is 0 Å². The number of rotatable bonds is 6. The minimum absolute atomic E-state index is 0.0735. The Morgan fingerprint density at radius 3 is 2.24 bits per heavy atom. The second kappa shape index (κ2) is 10.9. The fraction of sp³-hybridized carbons (Fsp3) is 0.467. The molecule has 0 saturated carbocycles. The highest BCUT2D eigenvalue weighted by molar-refractivity contribution is 6.06. The summed E-state index contributed by atoms with van der Waals surface area (Å²) in [6, 6.07) is 9.64. The lowest BCUT2D eigenvalue weighted by molar-refractivity contribution is -0.135. The van der Waals surface area contributed by atoms with E-state index in [1.807, 2.05) is 45.0 Å². The standard InChI is InChI=1S/C30H40N4O3/c1-20(2)27(36)33-18-10-12-24(33)28(37)34(23-15-13-22(14-16-23)29(3,4)5)25(21-11-9-17-31-19-21)26(35)32-30(6,7)8/h9,11,13-17,19,24-25H,1,10,12,18H2,2-8H3,(H,32,35)/t24-,25?/m0/s1. The first kappa shape index (κ1) is 28.1. The molecule has 2 atom stereocenters. The van der Waals surface area contributed by atoms with Crippen molar-refractivity contribution in [3.63, 3.8) is 0 Å². The number of aromatic nitrogens is 1. The maximum absolute atomic E-state index is 14.4. The van der Waals surface area contributed by atoms with Crippen molar-refractivity contribution in [2.45, 2.75) is 84.3 Å². The first-order chi connectivity index (χ1) is 17.2. The fourth-order valence-corrected chi connectivity index (χ4v) is 4.59. The van der Waals surface area contributed by atoms with Gasteiger partial charge in [-0.2, -0.15) is 0 Å². The molecule has 1 fully saturated rings. The summed E-state index contributed by atoms with van der Waals surface area (Å²) in [4.78, 5) is 48.4. The number of hydrogen-bond acceptors (Lipinski definition) is 4. The van der Waals surface area contributed by atoms with Crippen LogP contribution in [0.3, 0.4) is 0 Å². The first-order valence-corrected chi connectivity index (χ1v) is 12.8. The molecule has 0 radical (unpaired) electrons. The van der Waals surface area contributed by atoms with Gasteiger partial charge in [0.15, 0.2) is 0 Å². The van der Waals surface area contributed by atoms with Crippen molar-refractivity contribution in [3.05, 3.63) is 72.1 Å². The largest absolute Gasteiger partial charge is 0.349 e. The van der Waals surface area contributed by atoms with Crippen LogP contribution in [-0.2, 0) is 19.8 Å². The van der Waals surface area contributed by atoms with Gasteiger partial charge in [0.05, 0.1) is 0 Å². The molecule has 1 aliphatic heterocycles. The van der Waals surface area contributed by atoms with E-state index >= 15 is 0 Å². The van der Waals surface area contributed by atoms with E-state index in [4.69, 9.17) is 0 Å². The van der Waals surface area contributed by atoms with E-state index in [1.165, 1.54) is 0 Å². The highest BCUT2D eigenvalue weighted by Crippen LogP contribution is 2.33. The van der Waals surface area contributed by atoms with Gasteiger partial charge in [0, 0.05) is 41.3 Å². The Kier molecular flexibility index (Phi) is 8.25. The van der Waals surface area contributed by atoms with Crippen LogP contribution in [0.15, 0.2) is 60.9 Å². The lowest BCUT2D eigenvalue weighted by atomic mass is 9.87. The Balaban J connectivity index is 2.17. The molecule has 1 aromatic carbocycles. The van der Waals surface area contributed by atoms with Crippen molar-refractivity contribution in [2.24, 2.45) is 0 Å². The molecule has 0 spiro atoms. The minimum Gasteiger partial charge on any atom is -0.349 e. The third kappa shape index (κ3) is 6.64. The summed E-state index contributed by atoms with van der Waals surface area (Å²) < 4.78 is 0. The Morgan fingerprint density at radius 2 is 1.73 bits per heavy atom. The van der Waals surface area contributed by atoms with Gasteiger partial charge >= 0.3 is 0 Å². The summed E-state index contributed by atoms with van der Waals surface area (Å²) in [5, 5.41) is 3.05. The van der Waals surface area contributed by atoms with Gasteiger partial charge in [0.2, 0.25) is 11.8 Å². The molecule has 1 aromatic heterocycles. The van der Waals surface area contributed by atoms with Crippen LogP contribution in [0.5, 0.6) is 0 Å². The summed E-state index contributed by atoms with van der Waals surface area (Å²) in [6.07, 6.45) is 4.48. The number of amides is 3. The van der Waals surface area contributed by atoms with E-state index in [2.05, 4.69) is 37.7 Å². The molecule has 7 heteroatoms. The number of nitrogens with zero attached hydrogens (tertiary/aromatic N) is 3. The van der Waals surface area contributed by atoms with Crippen molar-refractivity contribution < 1.29 is 14.4 Å². The van der Waals surface area contributed by atoms with E-state index < -0.39 is 17.6 Å². The molecule has 198 valence electrons. The van der Waals surface area contributed by atoms with Crippen molar-refractivity contribution in [2.75, 3.05) is 11.4 Å². The van der Waals surface area contributed by atoms with Crippen molar-refractivity contribution in [1.29, 1.82) is 0 Å². The van der Waals surface area contributed by atoms with Crippen LogP contribution in [0.4, 0.5) is 5.69 Å². The molecular weight excluding hydrogens is 464 g/mol. The quantitative estimate of drug-likeness (QED) is 0.565. The van der Waals surface area contributed by atoms with Gasteiger partial charge in [-0.15, -0.1) is 0 Å². The highest BCUT2D eigenvalue weighted by atomic mass is 16.2. The van der Waals surface area contributed by atoms with Crippen molar-refractivity contribution >= 4 is 23.4 Å². The average molecular weight is 505 g/mol. The number of carbonyl (C=O) groups is 3. The smallest absolute Gasteiger partial charge is 0.250 e. The first-order valence-electron chi connectivity index (χ1n) is 12.8. The normalized spacial score (nSPS) is 16.7. The van der Waals surface area contributed by atoms with Crippen LogP contribution in [0.1, 0.15) is 78.5 Å². The number of likely N-dealkylation sites (tertiary alicyclic amines) is 1. The van der Waals surface area contributed by atoms with Crippen LogP contribution < -0.4 is 10.2 Å². The van der Waals surface area contributed by atoms with E-state index in [-0.39, 0.29) is 23.1 Å². The number of hydrogen-bond donors (Lipinski definition) is 1. The highest BCUT2D eigenvalue weighted by Gasteiger charge is 2.42. The maximum Gasteiger partial charge on any atom is 0.250 e. The summed E-state index contributed by atoms with van der Waals surface area (Å²) in [5.74, 6) is -0.853. The second-order valence-electron chi connectivity index (χ2n) is 11.9. The Hall–Kier alpha value is -3.48.